The van der Waals surface area contributed by atoms with Crippen molar-refractivity contribution in [2.24, 2.45) is 0 Å². The van der Waals surface area contributed by atoms with Crippen LogP contribution in [0.2, 0.25) is 0 Å². The van der Waals surface area contributed by atoms with E-state index in [0.717, 1.165) is 11.4 Å². The standard InChI is InChI=1S/C54H36N2/c1-4-13-37(14-5-1)39-23-25-41(26-24-39)46-20-12-22-53-54(46)49-36-43(30-34-52(49)56(53)44-17-8-3-9-18-44)42-29-33-51-48(35-42)47-19-10-11-21-50(47)55(51)45-31-27-40(28-32-45)38-15-6-2-7-16-38/h1-36H. The van der Waals surface area contributed by atoms with E-state index < -0.39 is 0 Å². The van der Waals surface area contributed by atoms with Gasteiger partial charge in [-0.15, -0.1) is 0 Å². The Labute approximate surface area is 325 Å². The zero-order valence-corrected chi connectivity index (χ0v) is 30.7. The molecule has 0 atom stereocenters. The van der Waals surface area contributed by atoms with Gasteiger partial charge in [0, 0.05) is 32.9 Å². The lowest BCUT2D eigenvalue weighted by Gasteiger charge is -2.10. The Kier molecular flexibility index (Phi) is 7.53. The summed E-state index contributed by atoms with van der Waals surface area (Å²) >= 11 is 0. The van der Waals surface area contributed by atoms with Gasteiger partial charge < -0.3 is 9.13 Å². The van der Waals surface area contributed by atoms with Crippen molar-refractivity contribution in [3.8, 4) is 55.9 Å². The molecule has 0 spiro atoms. The maximum absolute atomic E-state index is 2.41. The molecular formula is C54H36N2. The summed E-state index contributed by atoms with van der Waals surface area (Å²) in [5.41, 5.74) is 16.8. The van der Waals surface area contributed by atoms with Crippen LogP contribution in [0, 0.1) is 0 Å². The normalized spacial score (nSPS) is 11.6. The van der Waals surface area contributed by atoms with E-state index in [9.17, 15) is 0 Å². The number of aromatic nitrogens is 2. The minimum atomic E-state index is 1.16. The van der Waals surface area contributed by atoms with E-state index >= 15 is 0 Å². The summed E-state index contributed by atoms with van der Waals surface area (Å²) in [5.74, 6) is 0. The molecule has 0 N–H and O–H groups in total. The predicted octanol–water partition coefficient (Wildman–Crippen LogP) is 14.5. The molecule has 2 heterocycles. The zero-order valence-electron chi connectivity index (χ0n) is 30.7. The third-order valence-electron chi connectivity index (χ3n) is 11.3. The lowest BCUT2D eigenvalue weighted by molar-refractivity contribution is 1.18. The van der Waals surface area contributed by atoms with Crippen LogP contribution in [0.1, 0.15) is 0 Å². The van der Waals surface area contributed by atoms with E-state index in [1.165, 1.54) is 88.1 Å². The average molecular weight is 713 g/mol. The molecule has 0 saturated heterocycles. The summed E-state index contributed by atoms with van der Waals surface area (Å²) < 4.78 is 4.81. The van der Waals surface area contributed by atoms with E-state index in [1.807, 2.05) is 0 Å². The van der Waals surface area contributed by atoms with Crippen LogP contribution in [0.4, 0.5) is 0 Å². The van der Waals surface area contributed by atoms with Crippen molar-refractivity contribution in [2.75, 3.05) is 0 Å². The summed E-state index contributed by atoms with van der Waals surface area (Å²) in [5, 5.41) is 5.00. The summed E-state index contributed by atoms with van der Waals surface area (Å²) in [4.78, 5) is 0. The van der Waals surface area contributed by atoms with Crippen LogP contribution in [-0.4, -0.2) is 9.13 Å². The minimum absolute atomic E-state index is 1.16. The highest BCUT2D eigenvalue weighted by Crippen LogP contribution is 2.42. The Morgan fingerprint density at radius 1 is 0.232 bits per heavy atom. The first-order valence-electron chi connectivity index (χ1n) is 19.3. The molecule has 262 valence electrons. The van der Waals surface area contributed by atoms with Gasteiger partial charge in [0.05, 0.1) is 22.1 Å². The van der Waals surface area contributed by atoms with Gasteiger partial charge >= 0.3 is 0 Å². The molecule has 0 unspecified atom stereocenters. The molecule has 0 aliphatic rings. The topological polar surface area (TPSA) is 9.86 Å². The Morgan fingerprint density at radius 2 is 0.661 bits per heavy atom. The fourth-order valence-corrected chi connectivity index (χ4v) is 8.68. The van der Waals surface area contributed by atoms with Crippen LogP contribution in [0.3, 0.4) is 0 Å². The van der Waals surface area contributed by atoms with E-state index in [1.54, 1.807) is 0 Å². The second kappa shape index (κ2) is 13.2. The first-order valence-corrected chi connectivity index (χ1v) is 19.3. The molecule has 0 radical (unpaired) electrons. The number of fused-ring (bicyclic) bond motifs is 6. The van der Waals surface area contributed by atoms with Gasteiger partial charge in [-0.2, -0.15) is 0 Å². The number of benzene rings is 9. The number of rotatable bonds is 6. The van der Waals surface area contributed by atoms with Gasteiger partial charge in [-0.05, 0) is 105 Å². The molecule has 56 heavy (non-hydrogen) atoms. The molecule has 0 aliphatic carbocycles. The van der Waals surface area contributed by atoms with E-state index in [-0.39, 0.29) is 0 Å². The van der Waals surface area contributed by atoms with Crippen LogP contribution in [0.15, 0.2) is 218 Å². The summed E-state index contributed by atoms with van der Waals surface area (Å²) in [7, 11) is 0. The Balaban J connectivity index is 1.07. The molecule has 0 amide bonds. The molecule has 9 aromatic carbocycles. The third-order valence-corrected chi connectivity index (χ3v) is 11.3. The fourth-order valence-electron chi connectivity index (χ4n) is 8.68. The predicted molar refractivity (Wildman–Crippen MR) is 237 cm³/mol. The number of hydrogen-bond acceptors (Lipinski definition) is 0. The maximum atomic E-state index is 2.41. The molecule has 2 nitrogen and oxygen atoms in total. The smallest absolute Gasteiger partial charge is 0.0547 e. The first-order chi connectivity index (χ1) is 27.8. The van der Waals surface area contributed by atoms with E-state index in [0.29, 0.717) is 0 Å². The molecular weight excluding hydrogens is 677 g/mol. The van der Waals surface area contributed by atoms with Crippen LogP contribution in [0.5, 0.6) is 0 Å². The van der Waals surface area contributed by atoms with Gasteiger partial charge in [0.15, 0.2) is 0 Å². The fraction of sp³-hybridized carbons (Fsp3) is 0. The Morgan fingerprint density at radius 3 is 1.32 bits per heavy atom. The van der Waals surface area contributed by atoms with Crippen molar-refractivity contribution in [1.82, 2.24) is 9.13 Å². The van der Waals surface area contributed by atoms with Crippen molar-refractivity contribution < 1.29 is 0 Å². The Bertz CT molecular complexity index is 3190. The second-order valence-electron chi connectivity index (χ2n) is 14.5. The van der Waals surface area contributed by atoms with Gasteiger partial charge in [0.25, 0.3) is 0 Å². The van der Waals surface area contributed by atoms with E-state index in [4.69, 9.17) is 0 Å². The Hall–Kier alpha value is -7.42. The van der Waals surface area contributed by atoms with Gasteiger partial charge in [0.1, 0.15) is 0 Å². The summed E-state index contributed by atoms with van der Waals surface area (Å²) in [6, 6.07) is 79.4. The molecule has 0 aliphatic heterocycles. The number of para-hydroxylation sites is 2. The summed E-state index contributed by atoms with van der Waals surface area (Å²) in [6.07, 6.45) is 0. The van der Waals surface area contributed by atoms with Gasteiger partial charge in [-0.3, -0.25) is 0 Å². The zero-order chi connectivity index (χ0) is 37.0. The summed E-state index contributed by atoms with van der Waals surface area (Å²) in [6.45, 7) is 0. The van der Waals surface area contributed by atoms with Gasteiger partial charge in [-0.25, -0.2) is 0 Å². The molecule has 2 aromatic heterocycles. The number of nitrogens with zero attached hydrogens (tertiary/aromatic N) is 2. The van der Waals surface area contributed by atoms with Crippen molar-refractivity contribution >= 4 is 43.6 Å². The highest BCUT2D eigenvalue weighted by molar-refractivity contribution is 6.17. The van der Waals surface area contributed by atoms with Crippen molar-refractivity contribution in [3.05, 3.63) is 218 Å². The minimum Gasteiger partial charge on any atom is -0.309 e. The van der Waals surface area contributed by atoms with E-state index in [2.05, 4.69) is 228 Å². The van der Waals surface area contributed by atoms with Crippen LogP contribution in [0.25, 0.3) is 99.5 Å². The van der Waals surface area contributed by atoms with Crippen molar-refractivity contribution in [2.45, 2.75) is 0 Å². The van der Waals surface area contributed by atoms with Crippen LogP contribution < -0.4 is 0 Å². The van der Waals surface area contributed by atoms with Crippen molar-refractivity contribution in [1.29, 1.82) is 0 Å². The highest BCUT2D eigenvalue weighted by Gasteiger charge is 2.18. The monoisotopic (exact) mass is 712 g/mol. The lowest BCUT2D eigenvalue weighted by atomic mass is 9.95. The molecule has 11 aromatic rings. The number of hydrogen-bond donors (Lipinski definition) is 0. The first kappa shape index (κ1) is 32.0. The van der Waals surface area contributed by atoms with Gasteiger partial charge in [0.2, 0.25) is 0 Å². The van der Waals surface area contributed by atoms with Crippen LogP contribution >= 0.6 is 0 Å². The second-order valence-corrected chi connectivity index (χ2v) is 14.5. The van der Waals surface area contributed by atoms with Crippen molar-refractivity contribution in [3.63, 3.8) is 0 Å². The largest absolute Gasteiger partial charge is 0.309 e. The highest BCUT2D eigenvalue weighted by atomic mass is 15.0. The maximum Gasteiger partial charge on any atom is 0.0547 e. The molecule has 0 bridgehead atoms. The molecule has 0 saturated carbocycles. The third kappa shape index (κ3) is 5.26. The molecule has 11 rings (SSSR count). The molecule has 2 heteroatoms. The molecule has 0 fully saturated rings. The lowest BCUT2D eigenvalue weighted by Crippen LogP contribution is -1.94. The average Bonchev–Trinajstić information content (AvgIpc) is 3.80. The van der Waals surface area contributed by atoms with Crippen LogP contribution in [-0.2, 0) is 0 Å². The quantitative estimate of drug-likeness (QED) is 0.162. The SMILES string of the molecule is c1ccc(-c2ccc(-c3cccc4c3c3cc(-c5ccc6c(c5)c5ccccc5n6-c5ccc(-c6ccccc6)cc5)ccc3n4-c3ccccc3)cc2)cc1. The van der Waals surface area contributed by atoms with Gasteiger partial charge in [-0.1, -0.05) is 158 Å².